The number of rotatable bonds is 6. The lowest BCUT2D eigenvalue weighted by atomic mass is 9.90. The van der Waals surface area contributed by atoms with Crippen LogP contribution in [0.15, 0.2) is 24.3 Å². The van der Waals surface area contributed by atoms with Crippen molar-refractivity contribution in [3.63, 3.8) is 0 Å². The molecule has 1 aromatic rings. The Hall–Kier alpha value is -1.31. The molecule has 1 aliphatic rings. The lowest BCUT2D eigenvalue weighted by Gasteiger charge is -2.28. The zero-order valence-corrected chi connectivity index (χ0v) is 12.7. The predicted octanol–water partition coefficient (Wildman–Crippen LogP) is 4.82. The fourth-order valence-electron chi connectivity index (χ4n) is 2.87. The van der Waals surface area contributed by atoms with Crippen LogP contribution >= 0.6 is 0 Å². The average molecular weight is 274 g/mol. The Morgan fingerprint density at radius 3 is 2.45 bits per heavy atom. The summed E-state index contributed by atoms with van der Waals surface area (Å²) in [5, 5.41) is 0. The van der Waals surface area contributed by atoms with E-state index in [0.29, 0.717) is 0 Å². The molecular weight excluding hydrogens is 248 g/mol. The number of cyclic esters (lactones) is 1. The highest BCUT2D eigenvalue weighted by Gasteiger charge is 2.30. The molecular formula is C18H26O2. The van der Waals surface area contributed by atoms with Gasteiger partial charge in [0.15, 0.2) is 0 Å². The first-order valence-electron chi connectivity index (χ1n) is 8.04. The Balaban J connectivity index is 1.89. The third kappa shape index (κ3) is 3.84. The van der Waals surface area contributed by atoms with Crippen molar-refractivity contribution in [2.45, 2.75) is 64.9 Å². The van der Waals surface area contributed by atoms with Gasteiger partial charge in [-0.3, -0.25) is 4.79 Å². The van der Waals surface area contributed by atoms with Gasteiger partial charge in [-0.2, -0.15) is 0 Å². The van der Waals surface area contributed by atoms with E-state index in [9.17, 15) is 4.79 Å². The summed E-state index contributed by atoms with van der Waals surface area (Å²) in [7, 11) is 0. The molecule has 2 unspecified atom stereocenters. The molecule has 0 amide bonds. The molecule has 2 rings (SSSR count). The number of hydrogen-bond acceptors (Lipinski definition) is 2. The number of carbonyl (C=O) groups excluding carboxylic acids is 1. The number of carbonyl (C=O) groups is 1. The molecule has 0 aromatic heterocycles. The summed E-state index contributed by atoms with van der Waals surface area (Å²) in [5.41, 5.74) is 2.47. The minimum absolute atomic E-state index is 0.0110. The Morgan fingerprint density at radius 2 is 1.85 bits per heavy atom. The normalized spacial score (nSPS) is 22.6. The molecule has 1 aromatic carbocycles. The Kier molecular flexibility index (Phi) is 5.63. The highest BCUT2D eigenvalue weighted by Crippen LogP contribution is 2.33. The lowest BCUT2D eigenvalue weighted by molar-refractivity contribution is -0.161. The molecule has 1 fully saturated rings. The maximum atomic E-state index is 12.1. The molecule has 0 N–H and O–H groups in total. The van der Waals surface area contributed by atoms with Crippen LogP contribution < -0.4 is 0 Å². The van der Waals surface area contributed by atoms with Crippen molar-refractivity contribution in [1.82, 2.24) is 0 Å². The van der Waals surface area contributed by atoms with E-state index in [0.717, 1.165) is 37.7 Å². The van der Waals surface area contributed by atoms with Crippen LogP contribution in [0.5, 0.6) is 0 Å². The first-order chi connectivity index (χ1) is 9.74. The highest BCUT2D eigenvalue weighted by molar-refractivity contribution is 5.73. The zero-order chi connectivity index (χ0) is 14.4. The molecule has 20 heavy (non-hydrogen) atoms. The van der Waals surface area contributed by atoms with E-state index in [1.54, 1.807) is 0 Å². The van der Waals surface area contributed by atoms with Crippen molar-refractivity contribution in [1.29, 1.82) is 0 Å². The highest BCUT2D eigenvalue weighted by atomic mass is 16.5. The van der Waals surface area contributed by atoms with Gasteiger partial charge in [0.25, 0.3) is 0 Å². The van der Waals surface area contributed by atoms with Crippen molar-refractivity contribution < 1.29 is 9.53 Å². The number of ether oxygens (including phenoxy) is 1. The van der Waals surface area contributed by atoms with Crippen molar-refractivity contribution in [2.24, 2.45) is 5.92 Å². The van der Waals surface area contributed by atoms with Gasteiger partial charge >= 0.3 is 5.97 Å². The maximum absolute atomic E-state index is 12.1. The topological polar surface area (TPSA) is 26.3 Å². The van der Waals surface area contributed by atoms with Crippen molar-refractivity contribution in [3.8, 4) is 0 Å². The van der Waals surface area contributed by atoms with Gasteiger partial charge < -0.3 is 4.74 Å². The van der Waals surface area contributed by atoms with E-state index in [1.807, 2.05) is 0 Å². The fourth-order valence-corrected chi connectivity index (χ4v) is 2.87. The Bertz CT molecular complexity index is 422. The zero-order valence-electron chi connectivity index (χ0n) is 12.7. The van der Waals surface area contributed by atoms with E-state index in [1.165, 1.54) is 18.4 Å². The third-order valence-electron chi connectivity index (χ3n) is 4.28. The number of aryl methyl sites for hydroxylation is 1. The summed E-state index contributed by atoms with van der Waals surface area (Å²) in [4.78, 5) is 12.1. The fraction of sp³-hybridized carbons (Fsp3) is 0.611. The molecule has 0 spiro atoms. The number of unbranched alkanes of at least 4 members (excludes halogenated alkanes) is 2. The molecule has 2 nitrogen and oxygen atoms in total. The molecule has 2 heteroatoms. The molecule has 110 valence electrons. The SMILES string of the molecule is CCCCCC1CCC(c2ccc(CC)cc2)OC1=O. The smallest absolute Gasteiger partial charge is 0.309 e. The molecule has 1 heterocycles. The van der Waals surface area contributed by atoms with Crippen LogP contribution in [0.2, 0.25) is 0 Å². The summed E-state index contributed by atoms with van der Waals surface area (Å²) in [6, 6.07) is 8.48. The molecule has 0 saturated carbocycles. The Labute approximate surface area is 122 Å². The summed E-state index contributed by atoms with van der Waals surface area (Å²) >= 11 is 0. The minimum atomic E-state index is -0.0316. The van der Waals surface area contributed by atoms with E-state index < -0.39 is 0 Å². The second-order valence-corrected chi connectivity index (χ2v) is 5.79. The van der Waals surface area contributed by atoms with Crippen molar-refractivity contribution >= 4 is 5.97 Å². The van der Waals surface area contributed by atoms with E-state index >= 15 is 0 Å². The van der Waals surface area contributed by atoms with Gasteiger partial charge in [0.2, 0.25) is 0 Å². The summed E-state index contributed by atoms with van der Waals surface area (Å²) in [6.45, 7) is 4.34. The van der Waals surface area contributed by atoms with Crippen LogP contribution in [-0.4, -0.2) is 5.97 Å². The first-order valence-corrected chi connectivity index (χ1v) is 8.04. The molecule has 0 radical (unpaired) electrons. The number of hydrogen-bond donors (Lipinski definition) is 0. The lowest BCUT2D eigenvalue weighted by Crippen LogP contribution is -2.26. The van der Waals surface area contributed by atoms with Gasteiger partial charge in [0, 0.05) is 0 Å². The van der Waals surface area contributed by atoms with E-state index in [4.69, 9.17) is 4.74 Å². The van der Waals surface area contributed by atoms with Gasteiger partial charge in [-0.25, -0.2) is 0 Å². The van der Waals surface area contributed by atoms with Gasteiger partial charge in [-0.05, 0) is 36.8 Å². The van der Waals surface area contributed by atoms with Gasteiger partial charge in [-0.15, -0.1) is 0 Å². The van der Waals surface area contributed by atoms with E-state index in [-0.39, 0.29) is 18.0 Å². The summed E-state index contributed by atoms with van der Waals surface area (Å²) < 4.78 is 5.65. The van der Waals surface area contributed by atoms with Crippen molar-refractivity contribution in [2.75, 3.05) is 0 Å². The minimum Gasteiger partial charge on any atom is -0.457 e. The second kappa shape index (κ2) is 7.47. The molecule has 2 atom stereocenters. The van der Waals surface area contributed by atoms with Crippen LogP contribution in [-0.2, 0) is 16.0 Å². The second-order valence-electron chi connectivity index (χ2n) is 5.79. The molecule has 1 aliphatic heterocycles. The van der Waals surface area contributed by atoms with Gasteiger partial charge in [0.05, 0.1) is 5.92 Å². The predicted molar refractivity (Wildman–Crippen MR) is 81.5 cm³/mol. The monoisotopic (exact) mass is 274 g/mol. The van der Waals surface area contributed by atoms with Gasteiger partial charge in [0.1, 0.15) is 6.10 Å². The summed E-state index contributed by atoms with van der Waals surface area (Å²) in [5.74, 6) is 0.143. The van der Waals surface area contributed by atoms with Crippen LogP contribution in [0, 0.1) is 5.92 Å². The number of esters is 1. The average Bonchev–Trinajstić information content (AvgIpc) is 2.49. The van der Waals surface area contributed by atoms with E-state index in [2.05, 4.69) is 38.1 Å². The van der Waals surface area contributed by atoms with Gasteiger partial charge in [-0.1, -0.05) is 57.4 Å². The van der Waals surface area contributed by atoms with Crippen LogP contribution in [0.1, 0.15) is 69.6 Å². The van der Waals surface area contributed by atoms with Crippen LogP contribution in [0.3, 0.4) is 0 Å². The Morgan fingerprint density at radius 1 is 1.10 bits per heavy atom. The first kappa shape index (κ1) is 15.1. The standard InChI is InChI=1S/C18H26O2/c1-3-5-6-7-16-12-13-17(20-18(16)19)15-10-8-14(4-2)9-11-15/h8-11,16-17H,3-7,12-13H2,1-2H3. The van der Waals surface area contributed by atoms with Crippen molar-refractivity contribution in [3.05, 3.63) is 35.4 Å². The number of benzene rings is 1. The third-order valence-corrected chi connectivity index (χ3v) is 4.28. The quantitative estimate of drug-likeness (QED) is 0.549. The van der Waals surface area contributed by atoms with Crippen LogP contribution in [0.25, 0.3) is 0 Å². The molecule has 0 aliphatic carbocycles. The summed E-state index contributed by atoms with van der Waals surface area (Å²) in [6.07, 6.45) is 7.51. The largest absolute Gasteiger partial charge is 0.457 e. The molecule has 1 saturated heterocycles. The molecule has 0 bridgehead atoms. The maximum Gasteiger partial charge on any atom is 0.309 e. The van der Waals surface area contributed by atoms with Crippen LogP contribution in [0.4, 0.5) is 0 Å².